The fourth-order valence-electron chi connectivity index (χ4n) is 1.81. The van der Waals surface area contributed by atoms with Gasteiger partial charge in [-0.1, -0.05) is 26.2 Å². The lowest BCUT2D eigenvalue weighted by Gasteiger charge is -2.27. The maximum Gasteiger partial charge on any atom is 0.00172 e. The highest BCUT2D eigenvalue weighted by molar-refractivity contribution is 4.78. The molecular weight excluding hydrogens is 148 g/mol. The maximum atomic E-state index is 5.77. The Morgan fingerprint density at radius 2 is 2.00 bits per heavy atom. The number of hydrogen-bond acceptors (Lipinski definition) is 2. The summed E-state index contributed by atoms with van der Waals surface area (Å²) in [6.07, 6.45) is 6.75. The van der Waals surface area contributed by atoms with Crippen molar-refractivity contribution in [3.63, 3.8) is 0 Å². The summed E-state index contributed by atoms with van der Waals surface area (Å²) in [6, 6.07) is 0. The minimum Gasteiger partial charge on any atom is -0.330 e. The Morgan fingerprint density at radius 1 is 1.25 bits per heavy atom. The van der Waals surface area contributed by atoms with Crippen LogP contribution in [0.1, 0.15) is 39.0 Å². The molecule has 0 unspecified atom stereocenters. The van der Waals surface area contributed by atoms with Crippen LogP contribution in [0.5, 0.6) is 0 Å². The zero-order valence-corrected chi connectivity index (χ0v) is 8.23. The highest BCUT2D eigenvalue weighted by Gasteiger charge is 2.21. The quantitative estimate of drug-likeness (QED) is 0.626. The molecule has 1 aliphatic heterocycles. The molecule has 1 fully saturated rings. The second-order valence-electron chi connectivity index (χ2n) is 4.36. The van der Waals surface area contributed by atoms with Gasteiger partial charge in [-0.05, 0) is 31.3 Å². The average Bonchev–Trinajstić information content (AvgIpc) is 2.18. The van der Waals surface area contributed by atoms with Gasteiger partial charge in [0.1, 0.15) is 0 Å². The summed E-state index contributed by atoms with van der Waals surface area (Å²) >= 11 is 0. The molecule has 0 aromatic carbocycles. The monoisotopic (exact) mass is 170 g/mol. The molecule has 1 rings (SSSR count). The Balaban J connectivity index is 2.38. The lowest BCUT2D eigenvalue weighted by Crippen LogP contribution is -2.37. The Bertz CT molecular complexity index is 113. The van der Waals surface area contributed by atoms with Gasteiger partial charge in [-0.3, -0.25) is 0 Å². The first-order valence-corrected chi connectivity index (χ1v) is 5.18. The van der Waals surface area contributed by atoms with E-state index < -0.39 is 0 Å². The molecule has 1 saturated heterocycles. The fourth-order valence-corrected chi connectivity index (χ4v) is 1.81. The van der Waals surface area contributed by atoms with E-state index in [1.807, 2.05) is 0 Å². The summed E-state index contributed by atoms with van der Waals surface area (Å²) in [5, 5.41) is 3.49. The lowest BCUT2D eigenvalue weighted by atomic mass is 9.85. The Hall–Kier alpha value is -0.0800. The number of hydrogen-bond donors (Lipinski definition) is 2. The molecule has 1 aliphatic rings. The van der Waals surface area contributed by atoms with Crippen LogP contribution in [-0.4, -0.2) is 19.6 Å². The van der Waals surface area contributed by atoms with Gasteiger partial charge >= 0.3 is 0 Å². The zero-order chi connectivity index (χ0) is 8.86. The van der Waals surface area contributed by atoms with Crippen LogP contribution in [0.25, 0.3) is 0 Å². The molecule has 0 amide bonds. The number of rotatable bonds is 1. The van der Waals surface area contributed by atoms with Gasteiger partial charge in [0.15, 0.2) is 0 Å². The van der Waals surface area contributed by atoms with Gasteiger partial charge < -0.3 is 11.1 Å². The van der Waals surface area contributed by atoms with Gasteiger partial charge in [-0.2, -0.15) is 0 Å². The van der Waals surface area contributed by atoms with Crippen molar-refractivity contribution in [1.82, 2.24) is 5.32 Å². The van der Waals surface area contributed by atoms with E-state index >= 15 is 0 Å². The Labute approximate surface area is 75.9 Å². The smallest absolute Gasteiger partial charge is 0.00172 e. The molecule has 1 heterocycles. The van der Waals surface area contributed by atoms with E-state index in [2.05, 4.69) is 12.2 Å². The number of nitrogens with one attached hydrogen (secondary N) is 1. The molecule has 12 heavy (non-hydrogen) atoms. The first kappa shape index (κ1) is 10.0. The van der Waals surface area contributed by atoms with E-state index in [0.717, 1.165) is 13.1 Å². The molecule has 0 saturated carbocycles. The van der Waals surface area contributed by atoms with E-state index in [9.17, 15) is 0 Å². The first-order chi connectivity index (χ1) is 5.77. The Kier molecular flexibility index (Phi) is 4.02. The van der Waals surface area contributed by atoms with E-state index in [-0.39, 0.29) is 0 Å². The fraction of sp³-hybridized carbons (Fsp3) is 1.00. The summed E-state index contributed by atoms with van der Waals surface area (Å²) in [5.41, 5.74) is 6.12. The highest BCUT2D eigenvalue weighted by atomic mass is 14.9. The largest absolute Gasteiger partial charge is 0.330 e. The van der Waals surface area contributed by atoms with Crippen LogP contribution in [0.15, 0.2) is 0 Å². The van der Waals surface area contributed by atoms with Crippen molar-refractivity contribution in [3.8, 4) is 0 Å². The third-order valence-electron chi connectivity index (χ3n) is 2.93. The second-order valence-corrected chi connectivity index (χ2v) is 4.36. The molecule has 2 heteroatoms. The summed E-state index contributed by atoms with van der Waals surface area (Å²) in [4.78, 5) is 0. The molecule has 0 bridgehead atoms. The molecule has 2 nitrogen and oxygen atoms in total. The molecule has 0 aliphatic carbocycles. The molecule has 3 N–H and O–H groups in total. The van der Waals surface area contributed by atoms with E-state index in [4.69, 9.17) is 5.73 Å². The van der Waals surface area contributed by atoms with Crippen LogP contribution in [0.2, 0.25) is 0 Å². The van der Waals surface area contributed by atoms with Crippen LogP contribution < -0.4 is 11.1 Å². The minimum atomic E-state index is 0.352. The molecule has 0 spiro atoms. The van der Waals surface area contributed by atoms with Crippen molar-refractivity contribution < 1.29 is 0 Å². The van der Waals surface area contributed by atoms with E-state index in [1.165, 1.54) is 38.6 Å². The normalized spacial score (nSPS) is 33.5. The maximum absolute atomic E-state index is 5.77. The third-order valence-corrected chi connectivity index (χ3v) is 2.93. The second kappa shape index (κ2) is 4.83. The predicted molar refractivity (Wildman–Crippen MR) is 53.1 cm³/mol. The van der Waals surface area contributed by atoms with Crippen molar-refractivity contribution in [3.05, 3.63) is 0 Å². The van der Waals surface area contributed by atoms with Gasteiger partial charge in [0.05, 0.1) is 0 Å². The zero-order valence-electron chi connectivity index (χ0n) is 8.23. The van der Waals surface area contributed by atoms with Crippen LogP contribution >= 0.6 is 0 Å². The summed E-state index contributed by atoms with van der Waals surface area (Å²) in [7, 11) is 0. The molecule has 0 aromatic heterocycles. The van der Waals surface area contributed by atoms with Crippen molar-refractivity contribution in [1.29, 1.82) is 0 Å². The van der Waals surface area contributed by atoms with Gasteiger partial charge in [0.2, 0.25) is 0 Å². The SMILES string of the molecule is C[C@@]1(CN)CCCCCCNC1. The topological polar surface area (TPSA) is 38.0 Å². The third kappa shape index (κ3) is 3.11. The van der Waals surface area contributed by atoms with Crippen molar-refractivity contribution in [2.24, 2.45) is 11.1 Å². The Morgan fingerprint density at radius 3 is 2.75 bits per heavy atom. The molecular formula is C10H22N2. The minimum absolute atomic E-state index is 0.352. The number of nitrogens with two attached hydrogens (primary N) is 1. The van der Waals surface area contributed by atoms with Crippen LogP contribution in [0.4, 0.5) is 0 Å². The first-order valence-electron chi connectivity index (χ1n) is 5.18. The van der Waals surface area contributed by atoms with Gasteiger partial charge in [-0.25, -0.2) is 0 Å². The van der Waals surface area contributed by atoms with Crippen LogP contribution in [-0.2, 0) is 0 Å². The standard InChI is InChI=1S/C10H22N2/c1-10(8-11)6-4-2-3-5-7-12-9-10/h12H,2-9,11H2,1H3/t10-/m0/s1. The molecule has 1 atom stereocenters. The van der Waals surface area contributed by atoms with Crippen LogP contribution in [0, 0.1) is 5.41 Å². The average molecular weight is 170 g/mol. The van der Waals surface area contributed by atoms with Gasteiger partial charge in [0.25, 0.3) is 0 Å². The summed E-state index contributed by atoms with van der Waals surface area (Å²) < 4.78 is 0. The molecule has 72 valence electrons. The molecule has 0 radical (unpaired) electrons. The van der Waals surface area contributed by atoms with E-state index in [0.29, 0.717) is 5.41 Å². The lowest BCUT2D eigenvalue weighted by molar-refractivity contribution is 0.289. The van der Waals surface area contributed by atoms with Crippen molar-refractivity contribution >= 4 is 0 Å². The predicted octanol–water partition coefficient (Wildman–Crippen LogP) is 1.51. The highest BCUT2D eigenvalue weighted by Crippen LogP contribution is 2.23. The van der Waals surface area contributed by atoms with Crippen molar-refractivity contribution in [2.75, 3.05) is 19.6 Å². The van der Waals surface area contributed by atoms with Gasteiger partial charge in [-0.15, -0.1) is 0 Å². The molecule has 0 aromatic rings. The summed E-state index contributed by atoms with van der Waals surface area (Å²) in [6.45, 7) is 5.39. The van der Waals surface area contributed by atoms with Crippen LogP contribution in [0.3, 0.4) is 0 Å². The van der Waals surface area contributed by atoms with E-state index in [1.54, 1.807) is 0 Å². The summed E-state index contributed by atoms with van der Waals surface area (Å²) in [5.74, 6) is 0. The van der Waals surface area contributed by atoms with Gasteiger partial charge in [0, 0.05) is 6.54 Å². The van der Waals surface area contributed by atoms with Crippen molar-refractivity contribution in [2.45, 2.75) is 39.0 Å².